The molecule has 5 aliphatic rings. The van der Waals surface area contributed by atoms with Gasteiger partial charge >= 0.3 is 89.5 Å². The second kappa shape index (κ2) is 51.4. The Hall–Kier alpha value is -15.4. The van der Waals surface area contributed by atoms with E-state index in [4.69, 9.17) is 118 Å². The number of aliphatic hydroxyl groups is 1. The van der Waals surface area contributed by atoms with Gasteiger partial charge in [-0.3, -0.25) is 28.8 Å². The average Bonchev–Trinajstić information content (AvgIpc) is 0.745. The molecule has 25 atom stereocenters. The lowest BCUT2D eigenvalue weighted by Crippen LogP contribution is -2.70. The number of carbonyl (C=O) groups is 15. The Balaban J connectivity index is 1.01. The van der Waals surface area contributed by atoms with Gasteiger partial charge in [-0.05, 0) is 109 Å². The summed E-state index contributed by atoms with van der Waals surface area (Å²) in [6, 6.07) is 64.5. The Bertz CT molecular complexity index is 6000. The lowest BCUT2D eigenvalue weighted by molar-refractivity contribution is -0.392. The first-order valence-corrected chi connectivity index (χ1v) is 46.2. The predicted molar refractivity (Wildman–Crippen MR) is 495 cm³/mol. The van der Waals surface area contributed by atoms with Gasteiger partial charge in [0.2, 0.25) is 0 Å². The SMILES string of the molecule is CO[C@H]1O[C@H](COC(=O)c2ccccc2)[C@@H](O[C@@H]2O[C@H](CO)[C@H](OC(=O)c3ccccc3)[C@H](O[C@@H]3O[C@H](COC(=O)c4ccccc4)[C@H](OC(=O)c4ccccc4)[C@H](O[C@@H]4O[C@H](COC(C)=O)[C@H](OC(C)=O)[C@H](O[C@@H]5O[C@H](COC(C)=O)[C@H](OC(C)=O)[C@H](OC(C)=O)[C@H]5OC(C)=O)[C@H]4OC(=O)c4ccccc4)[C@H]3OC(=O)c3ccccc3)[C@H]2OC(=O)c2ccccc2)[C@H](OC(=O)c2ccccc2)[C@@H]1OC(=O)c1ccccc1. The molecule has 147 heavy (non-hydrogen) atoms. The van der Waals surface area contributed by atoms with Gasteiger partial charge < -0.3 is 124 Å². The van der Waals surface area contributed by atoms with E-state index in [2.05, 4.69) is 0 Å². The highest BCUT2D eigenvalue weighted by Crippen LogP contribution is 2.44. The fraction of sp³-hybridized carbons (Fsp3) is 0.349. The van der Waals surface area contributed by atoms with E-state index >= 15 is 28.8 Å². The smallest absolute Gasteiger partial charge is 0.338 e. The van der Waals surface area contributed by atoms with E-state index in [1.807, 2.05) is 0 Å². The minimum absolute atomic E-state index is 0.000672. The fourth-order valence-electron chi connectivity index (χ4n) is 16.6. The van der Waals surface area contributed by atoms with Crippen molar-refractivity contribution in [3.63, 3.8) is 0 Å². The normalized spacial score (nSPS) is 26.6. The number of rotatable bonds is 38. The Kier molecular flexibility index (Phi) is 37.5. The highest BCUT2D eigenvalue weighted by atomic mass is 16.8. The standard InChI is InChI=1S/C106H102O41/c1-58(108)124-54-74-79(128-60(3)110)83(130-62(5)112)89(131-63(6)113)103(134-74)146-86-80(129-61(4)111)75(55-125-59(2)109)135-105(91(86)142-100(121)71-49-31-15-32-50-71)147-87-81(138-96(117)67-41-23-11-24-42-67)76(56-126-93(114)64-35-17-8-18-36-64)136-106(92(87)143-101(122)72-51-33-16-34-52-72)145-85-78(137-95(116)66-39-21-10-22-40-66)73(53-107)132-104(90(85)141-99(120)70-47-29-14-30-48-70)144-82-77(57-127-94(115)65-37-19-9-20-38-65)133-102(123-7)88(140-98(119)69-45-27-13-28-46-69)84(82)139-97(118)68-43-25-12-26-44-68/h8-52,73-92,102-107H,53-57H2,1-7H3/t73-,74-,75-,76-,77-,78+,79+,80+,81+,82-,83+,84+,85+,86+,87+,88+,89-,90-,91-,92-,102+,103+,104+,105+,106+/m1/s1. The topological polar surface area (TPSA) is 507 Å². The van der Waals surface area contributed by atoms with Gasteiger partial charge in [0.25, 0.3) is 0 Å². The van der Waals surface area contributed by atoms with Crippen LogP contribution in [0.25, 0.3) is 0 Å². The Morgan fingerprint density at radius 2 is 0.374 bits per heavy atom. The van der Waals surface area contributed by atoms with Gasteiger partial charge in [0.1, 0.15) is 81.4 Å². The molecule has 41 nitrogen and oxygen atoms in total. The van der Waals surface area contributed by atoms with Crippen LogP contribution in [0.2, 0.25) is 0 Å². The van der Waals surface area contributed by atoms with Crippen LogP contribution < -0.4 is 0 Å². The molecule has 5 saturated heterocycles. The molecule has 0 saturated carbocycles. The van der Waals surface area contributed by atoms with E-state index < -0.39 is 276 Å². The van der Waals surface area contributed by atoms with Gasteiger partial charge in [0.15, 0.2) is 98.6 Å². The highest BCUT2D eigenvalue weighted by Gasteiger charge is 2.64. The molecule has 1 N–H and O–H groups in total. The largest absolute Gasteiger partial charge is 0.463 e. The molecular formula is C106H102O41. The van der Waals surface area contributed by atoms with Crippen LogP contribution in [0.3, 0.4) is 0 Å². The first kappa shape index (κ1) is 107. The van der Waals surface area contributed by atoms with Gasteiger partial charge in [-0.15, -0.1) is 0 Å². The van der Waals surface area contributed by atoms with Crippen molar-refractivity contribution in [2.24, 2.45) is 0 Å². The second-order valence-electron chi connectivity index (χ2n) is 33.5. The molecule has 0 amide bonds. The summed E-state index contributed by atoms with van der Waals surface area (Å²) in [5.41, 5.74) is -1.62. The first-order valence-electron chi connectivity index (χ1n) is 46.2. The van der Waals surface area contributed by atoms with Crippen molar-refractivity contribution < 1.29 is 195 Å². The Morgan fingerprint density at radius 3 is 0.633 bits per heavy atom. The minimum atomic E-state index is -2.69. The molecule has 772 valence electrons. The third-order valence-corrected chi connectivity index (χ3v) is 23.2. The summed E-state index contributed by atoms with van der Waals surface area (Å²) in [5, 5.41) is 12.3. The lowest BCUT2D eigenvalue weighted by atomic mass is 9.94. The summed E-state index contributed by atoms with van der Waals surface area (Å²) >= 11 is 0. The van der Waals surface area contributed by atoms with Crippen LogP contribution in [0, 0.1) is 0 Å². The second-order valence-corrected chi connectivity index (χ2v) is 33.5. The summed E-state index contributed by atoms with van der Waals surface area (Å²) in [5.74, 6) is -17.4. The van der Waals surface area contributed by atoms with E-state index in [1.54, 1.807) is 42.5 Å². The maximum Gasteiger partial charge on any atom is 0.338 e. The molecule has 0 radical (unpaired) electrons. The third-order valence-electron chi connectivity index (χ3n) is 23.2. The molecule has 14 rings (SSSR count). The van der Waals surface area contributed by atoms with Crippen molar-refractivity contribution in [3.05, 3.63) is 323 Å². The van der Waals surface area contributed by atoms with Crippen molar-refractivity contribution in [1.29, 1.82) is 0 Å². The number of esters is 15. The van der Waals surface area contributed by atoms with Crippen LogP contribution in [-0.2, 0) is 147 Å². The maximum absolute atomic E-state index is 16.0. The van der Waals surface area contributed by atoms with Crippen LogP contribution in [0.5, 0.6) is 0 Å². The average molecular weight is 2030 g/mol. The number of methoxy groups -OCH3 is 1. The van der Waals surface area contributed by atoms with E-state index in [0.29, 0.717) is 0 Å². The molecule has 0 aliphatic carbocycles. The summed E-state index contributed by atoms with van der Waals surface area (Å²) in [6.45, 7) is 0.298. The number of benzene rings is 9. The quantitative estimate of drug-likeness (QED) is 0.0278. The minimum Gasteiger partial charge on any atom is -0.463 e. The number of hydrogen-bond donors (Lipinski definition) is 1. The van der Waals surface area contributed by atoms with Gasteiger partial charge in [-0.25, -0.2) is 43.2 Å². The summed E-state index contributed by atoms with van der Waals surface area (Å²) < 4.78 is 162. The van der Waals surface area contributed by atoms with Gasteiger partial charge in [-0.1, -0.05) is 164 Å². The van der Waals surface area contributed by atoms with E-state index in [1.165, 1.54) is 231 Å². The molecule has 5 fully saturated rings. The fourth-order valence-corrected chi connectivity index (χ4v) is 16.6. The van der Waals surface area contributed by atoms with Crippen LogP contribution in [-0.4, -0.2) is 288 Å². The molecule has 41 heteroatoms. The molecule has 5 heterocycles. The lowest BCUT2D eigenvalue weighted by Gasteiger charge is -2.52. The maximum atomic E-state index is 16.0. The molecule has 9 aromatic rings. The molecule has 9 aromatic carbocycles. The van der Waals surface area contributed by atoms with Gasteiger partial charge in [0, 0.05) is 48.7 Å². The van der Waals surface area contributed by atoms with E-state index in [-0.39, 0.29) is 50.1 Å². The molecular weight excluding hydrogens is 1930 g/mol. The zero-order valence-electron chi connectivity index (χ0n) is 79.7. The van der Waals surface area contributed by atoms with Crippen LogP contribution in [0.4, 0.5) is 0 Å². The van der Waals surface area contributed by atoms with E-state index in [9.17, 15) is 48.3 Å². The van der Waals surface area contributed by atoms with Crippen LogP contribution in [0.1, 0.15) is 135 Å². The first-order chi connectivity index (χ1) is 71.0. The third kappa shape index (κ3) is 28.2. The van der Waals surface area contributed by atoms with Crippen molar-refractivity contribution in [1.82, 2.24) is 0 Å². The number of carbonyl (C=O) groups excluding carboxylic acids is 15. The van der Waals surface area contributed by atoms with Crippen molar-refractivity contribution >= 4 is 89.5 Å². The number of ether oxygens (including phenoxy) is 25. The summed E-state index contributed by atoms with van der Waals surface area (Å²) in [6.07, 6.45) is -56.5. The zero-order valence-corrected chi connectivity index (χ0v) is 79.7. The number of hydrogen-bond acceptors (Lipinski definition) is 41. The Labute approximate surface area is 839 Å². The molecule has 0 unspecified atom stereocenters. The van der Waals surface area contributed by atoms with Crippen LogP contribution >= 0.6 is 0 Å². The molecule has 5 aliphatic heterocycles. The van der Waals surface area contributed by atoms with Crippen molar-refractivity contribution in [3.8, 4) is 0 Å². The molecule has 0 spiro atoms. The van der Waals surface area contributed by atoms with Gasteiger partial charge in [0.05, 0.1) is 56.7 Å². The zero-order chi connectivity index (χ0) is 104. The van der Waals surface area contributed by atoms with Gasteiger partial charge in [-0.2, -0.15) is 0 Å². The van der Waals surface area contributed by atoms with E-state index in [0.717, 1.165) is 48.7 Å². The highest BCUT2D eigenvalue weighted by molar-refractivity contribution is 5.94. The Morgan fingerprint density at radius 1 is 0.197 bits per heavy atom. The molecule has 0 aromatic heterocycles. The van der Waals surface area contributed by atoms with Crippen LogP contribution in [0.15, 0.2) is 273 Å². The molecule has 0 bridgehead atoms. The monoisotopic (exact) mass is 2030 g/mol. The van der Waals surface area contributed by atoms with Crippen molar-refractivity contribution in [2.45, 2.75) is 195 Å². The number of aliphatic hydroxyl groups excluding tert-OH is 1. The summed E-state index contributed by atoms with van der Waals surface area (Å²) in [7, 11) is 1.14. The predicted octanol–water partition coefficient (Wildman–Crippen LogP) is 8.94. The van der Waals surface area contributed by atoms with Crippen molar-refractivity contribution in [2.75, 3.05) is 40.1 Å². The summed E-state index contributed by atoms with van der Waals surface area (Å²) in [4.78, 5) is 219.